The number of hydrogen-bond acceptors (Lipinski definition) is 4. The van der Waals surface area contributed by atoms with Gasteiger partial charge in [-0.2, -0.15) is 0 Å². The molecule has 1 aliphatic heterocycles. The molecule has 0 unspecified atom stereocenters. The molecule has 1 aliphatic rings. The Morgan fingerprint density at radius 2 is 2.26 bits per heavy atom. The van der Waals surface area contributed by atoms with Crippen molar-refractivity contribution >= 4 is 40.6 Å². The second-order valence-electron chi connectivity index (χ2n) is 4.16. The van der Waals surface area contributed by atoms with E-state index in [2.05, 4.69) is 10.3 Å². The van der Waals surface area contributed by atoms with Gasteiger partial charge in [0.25, 0.3) is 0 Å². The molecule has 96 valence electrons. The highest BCUT2D eigenvalue weighted by molar-refractivity contribution is 7.99. The zero-order chi connectivity index (χ0) is 13.4. The van der Waals surface area contributed by atoms with Crippen LogP contribution in [0.15, 0.2) is 40.4 Å². The van der Waals surface area contributed by atoms with Gasteiger partial charge in [-0.05, 0) is 29.8 Å². The summed E-state index contributed by atoms with van der Waals surface area (Å²) in [5.74, 6) is -0.00702. The van der Waals surface area contributed by atoms with Gasteiger partial charge in [0.15, 0.2) is 0 Å². The Balaban J connectivity index is 1.97. The van der Waals surface area contributed by atoms with Crippen LogP contribution in [-0.2, 0) is 11.2 Å². The maximum absolute atomic E-state index is 11.3. The second kappa shape index (κ2) is 4.75. The van der Waals surface area contributed by atoms with E-state index < -0.39 is 0 Å². The van der Waals surface area contributed by atoms with Crippen LogP contribution in [0.3, 0.4) is 0 Å². The number of benzene rings is 1. The third kappa shape index (κ3) is 2.39. The van der Waals surface area contributed by atoms with Crippen LogP contribution in [0.1, 0.15) is 5.56 Å². The summed E-state index contributed by atoms with van der Waals surface area (Å²) in [6.45, 7) is 0. The predicted octanol–water partition coefficient (Wildman–Crippen LogP) is 2.96. The third-order valence-corrected chi connectivity index (χ3v) is 4.30. The molecule has 19 heavy (non-hydrogen) atoms. The Labute approximate surface area is 119 Å². The first-order valence-electron chi connectivity index (χ1n) is 5.64. The SMILES string of the molecule is Nc1cc2c(cc1Sc1ncccc1Cl)NC(=O)C2. The first kappa shape index (κ1) is 12.3. The minimum atomic E-state index is -0.00702. The fourth-order valence-corrected chi connectivity index (χ4v) is 2.99. The minimum Gasteiger partial charge on any atom is -0.398 e. The summed E-state index contributed by atoms with van der Waals surface area (Å²) in [4.78, 5) is 16.4. The minimum absolute atomic E-state index is 0.00702. The van der Waals surface area contributed by atoms with E-state index in [4.69, 9.17) is 17.3 Å². The molecule has 1 aromatic heterocycles. The Hall–Kier alpha value is -1.72. The molecule has 0 saturated heterocycles. The lowest BCUT2D eigenvalue weighted by Crippen LogP contribution is -2.03. The highest BCUT2D eigenvalue weighted by atomic mass is 35.5. The Kier molecular flexibility index (Phi) is 3.08. The van der Waals surface area contributed by atoms with E-state index in [-0.39, 0.29) is 5.91 Å². The van der Waals surface area contributed by atoms with Crippen LogP contribution in [0.2, 0.25) is 5.02 Å². The van der Waals surface area contributed by atoms with E-state index in [0.717, 1.165) is 16.1 Å². The van der Waals surface area contributed by atoms with Gasteiger partial charge in [0.1, 0.15) is 5.03 Å². The molecule has 0 saturated carbocycles. The molecule has 3 N–H and O–H groups in total. The molecular weight excluding hydrogens is 282 g/mol. The number of pyridine rings is 1. The van der Waals surface area contributed by atoms with Gasteiger partial charge in [-0.1, -0.05) is 23.4 Å². The molecular formula is C13H10ClN3OS. The number of nitrogens with one attached hydrogen (secondary N) is 1. The summed E-state index contributed by atoms with van der Waals surface area (Å²) in [6, 6.07) is 7.25. The van der Waals surface area contributed by atoms with Crippen LogP contribution < -0.4 is 11.1 Å². The third-order valence-electron chi connectivity index (χ3n) is 2.79. The number of nitrogens with two attached hydrogens (primary N) is 1. The molecule has 6 heteroatoms. The lowest BCUT2D eigenvalue weighted by molar-refractivity contribution is -0.115. The maximum atomic E-state index is 11.3. The number of carbonyl (C=O) groups excluding carboxylic acids is 1. The summed E-state index contributed by atoms with van der Waals surface area (Å²) in [7, 11) is 0. The largest absolute Gasteiger partial charge is 0.398 e. The number of anilines is 2. The maximum Gasteiger partial charge on any atom is 0.228 e. The molecule has 2 aromatic rings. The van der Waals surface area contributed by atoms with Crippen LogP contribution in [0.4, 0.5) is 11.4 Å². The van der Waals surface area contributed by atoms with Gasteiger partial charge in [0.05, 0.1) is 11.4 Å². The number of rotatable bonds is 2. The van der Waals surface area contributed by atoms with Crippen molar-refractivity contribution in [2.45, 2.75) is 16.3 Å². The fourth-order valence-electron chi connectivity index (χ4n) is 1.91. The molecule has 2 heterocycles. The summed E-state index contributed by atoms with van der Waals surface area (Å²) in [5.41, 5.74) is 8.38. The van der Waals surface area contributed by atoms with Gasteiger partial charge < -0.3 is 11.1 Å². The van der Waals surface area contributed by atoms with E-state index in [1.54, 1.807) is 18.3 Å². The summed E-state index contributed by atoms with van der Waals surface area (Å²) in [6.07, 6.45) is 2.06. The molecule has 0 radical (unpaired) electrons. The molecule has 4 nitrogen and oxygen atoms in total. The van der Waals surface area contributed by atoms with Crippen molar-refractivity contribution in [1.29, 1.82) is 0 Å². The molecule has 1 aromatic carbocycles. The Bertz CT molecular complexity index is 675. The molecule has 3 rings (SSSR count). The second-order valence-corrected chi connectivity index (χ2v) is 5.60. The van der Waals surface area contributed by atoms with Gasteiger partial charge in [-0.25, -0.2) is 4.98 Å². The van der Waals surface area contributed by atoms with Crippen LogP contribution >= 0.6 is 23.4 Å². The van der Waals surface area contributed by atoms with Gasteiger partial charge in [0.2, 0.25) is 5.91 Å². The summed E-state index contributed by atoms with van der Waals surface area (Å²) < 4.78 is 0. The molecule has 1 amide bonds. The van der Waals surface area contributed by atoms with Crippen LogP contribution in [0.25, 0.3) is 0 Å². The topological polar surface area (TPSA) is 68.0 Å². The zero-order valence-electron chi connectivity index (χ0n) is 9.81. The van der Waals surface area contributed by atoms with Crippen molar-refractivity contribution in [2.75, 3.05) is 11.1 Å². The van der Waals surface area contributed by atoms with Crippen LogP contribution in [0, 0.1) is 0 Å². The molecule has 0 aliphatic carbocycles. The standard InChI is InChI=1S/C13H10ClN3OS/c14-8-2-1-3-16-13(8)19-11-6-10-7(4-9(11)15)5-12(18)17-10/h1-4,6H,5,15H2,(H,17,18). The van der Waals surface area contributed by atoms with Gasteiger partial charge in [0, 0.05) is 22.5 Å². The van der Waals surface area contributed by atoms with E-state index >= 15 is 0 Å². The quantitative estimate of drug-likeness (QED) is 0.835. The summed E-state index contributed by atoms with van der Waals surface area (Å²) in [5, 5.41) is 4.08. The van der Waals surface area contributed by atoms with Crippen LogP contribution in [-0.4, -0.2) is 10.9 Å². The molecule has 0 bridgehead atoms. The fraction of sp³-hybridized carbons (Fsp3) is 0.0769. The number of carbonyl (C=O) groups is 1. The van der Waals surface area contributed by atoms with E-state index in [1.165, 1.54) is 11.8 Å². The number of nitrogens with zero attached hydrogens (tertiary/aromatic N) is 1. The zero-order valence-corrected chi connectivity index (χ0v) is 11.4. The normalized spacial score (nSPS) is 13.2. The smallest absolute Gasteiger partial charge is 0.228 e. The lowest BCUT2D eigenvalue weighted by atomic mass is 10.1. The van der Waals surface area contributed by atoms with E-state index in [0.29, 0.717) is 22.2 Å². The van der Waals surface area contributed by atoms with Crippen molar-refractivity contribution in [2.24, 2.45) is 0 Å². The number of aromatic nitrogens is 1. The number of hydrogen-bond donors (Lipinski definition) is 2. The Morgan fingerprint density at radius 3 is 3.05 bits per heavy atom. The molecule has 0 spiro atoms. The first-order valence-corrected chi connectivity index (χ1v) is 6.83. The number of nitrogen functional groups attached to an aromatic ring is 1. The molecule has 0 atom stereocenters. The average molecular weight is 292 g/mol. The predicted molar refractivity (Wildman–Crippen MR) is 76.6 cm³/mol. The lowest BCUT2D eigenvalue weighted by Gasteiger charge is -2.08. The van der Waals surface area contributed by atoms with Gasteiger partial charge in [-0.3, -0.25) is 4.79 Å². The van der Waals surface area contributed by atoms with E-state index in [9.17, 15) is 4.79 Å². The first-order chi connectivity index (χ1) is 9.13. The number of amides is 1. The Morgan fingerprint density at radius 1 is 1.42 bits per heavy atom. The average Bonchev–Trinajstić information content (AvgIpc) is 2.71. The number of halogens is 1. The van der Waals surface area contributed by atoms with E-state index in [1.807, 2.05) is 12.1 Å². The highest BCUT2D eigenvalue weighted by Crippen LogP contribution is 2.38. The summed E-state index contributed by atoms with van der Waals surface area (Å²) >= 11 is 7.46. The van der Waals surface area contributed by atoms with Crippen molar-refractivity contribution in [3.05, 3.63) is 41.0 Å². The van der Waals surface area contributed by atoms with Gasteiger partial charge >= 0.3 is 0 Å². The van der Waals surface area contributed by atoms with Crippen molar-refractivity contribution in [3.8, 4) is 0 Å². The van der Waals surface area contributed by atoms with Crippen molar-refractivity contribution < 1.29 is 4.79 Å². The van der Waals surface area contributed by atoms with Gasteiger partial charge in [-0.15, -0.1) is 0 Å². The molecule has 0 fully saturated rings. The van der Waals surface area contributed by atoms with Crippen molar-refractivity contribution in [3.63, 3.8) is 0 Å². The number of fused-ring (bicyclic) bond motifs is 1. The van der Waals surface area contributed by atoms with Crippen LogP contribution in [0.5, 0.6) is 0 Å². The monoisotopic (exact) mass is 291 g/mol. The highest BCUT2D eigenvalue weighted by Gasteiger charge is 2.20. The van der Waals surface area contributed by atoms with Crippen molar-refractivity contribution in [1.82, 2.24) is 4.98 Å².